The number of carbonyl (C=O) groups is 1. The fourth-order valence-electron chi connectivity index (χ4n) is 2.35. The molecule has 1 unspecified atom stereocenters. The van der Waals surface area contributed by atoms with Gasteiger partial charge in [-0.3, -0.25) is 9.78 Å². The molecule has 2 aromatic rings. The molecule has 1 amide bonds. The van der Waals surface area contributed by atoms with Crippen LogP contribution in [0.15, 0.2) is 47.1 Å². The van der Waals surface area contributed by atoms with Crippen LogP contribution in [0.1, 0.15) is 11.3 Å². The number of benzene rings is 1. The Balaban J connectivity index is 2.00. The van der Waals surface area contributed by atoms with Crippen LogP contribution >= 0.6 is 15.9 Å². The van der Waals surface area contributed by atoms with Gasteiger partial charge in [0.1, 0.15) is 6.10 Å². The van der Waals surface area contributed by atoms with Crippen LogP contribution in [0.2, 0.25) is 0 Å². The van der Waals surface area contributed by atoms with E-state index in [9.17, 15) is 9.90 Å². The lowest BCUT2D eigenvalue weighted by Crippen LogP contribution is -2.44. The van der Waals surface area contributed by atoms with Crippen molar-refractivity contribution in [3.8, 4) is 0 Å². The fourth-order valence-corrected chi connectivity index (χ4v) is 2.67. The van der Waals surface area contributed by atoms with Gasteiger partial charge in [-0.1, -0.05) is 30.3 Å². The van der Waals surface area contributed by atoms with Gasteiger partial charge in [0.15, 0.2) is 0 Å². The lowest BCUT2D eigenvalue weighted by atomic mass is 10.0. The number of aliphatic hydroxyl groups is 1. The molecule has 1 aromatic heterocycles. The number of aromatic nitrogens is 1. The average Bonchev–Trinajstić information content (AvgIpc) is 2.46. The first kappa shape index (κ1) is 13.3. The van der Waals surface area contributed by atoms with E-state index in [1.807, 2.05) is 36.4 Å². The molecule has 0 spiro atoms. The van der Waals surface area contributed by atoms with E-state index in [-0.39, 0.29) is 12.3 Å². The van der Waals surface area contributed by atoms with Crippen molar-refractivity contribution in [1.29, 1.82) is 0 Å². The van der Waals surface area contributed by atoms with E-state index >= 15 is 0 Å². The molecule has 0 radical (unpaired) electrons. The highest BCUT2D eigenvalue weighted by atomic mass is 79.9. The second kappa shape index (κ2) is 5.34. The van der Waals surface area contributed by atoms with Crippen LogP contribution in [0.5, 0.6) is 0 Å². The minimum Gasteiger partial charge on any atom is -0.383 e. The Bertz CT molecular complexity index is 646. The second-order valence-electron chi connectivity index (χ2n) is 4.75. The topological polar surface area (TPSA) is 53.4 Å². The summed E-state index contributed by atoms with van der Waals surface area (Å²) in [6.07, 6.45) is 0.939. The highest BCUT2D eigenvalue weighted by molar-refractivity contribution is 9.10. The summed E-state index contributed by atoms with van der Waals surface area (Å²) in [5.74, 6) is -0.277. The predicted octanol–water partition coefficient (Wildman–Crippen LogP) is 2.29. The van der Waals surface area contributed by atoms with Crippen LogP contribution in [0, 0.1) is 0 Å². The summed E-state index contributed by atoms with van der Waals surface area (Å²) in [6, 6.07) is 11.6. The minimum absolute atomic E-state index is 0.271. The molecule has 0 saturated carbocycles. The first-order chi connectivity index (χ1) is 9.65. The molecule has 1 aliphatic rings. The molecule has 1 aromatic carbocycles. The number of aliphatic hydroxyl groups excluding tert-OH is 1. The van der Waals surface area contributed by atoms with Gasteiger partial charge in [0.25, 0.3) is 5.91 Å². The van der Waals surface area contributed by atoms with Gasteiger partial charge < -0.3 is 10.0 Å². The Morgan fingerprint density at radius 3 is 2.85 bits per heavy atom. The number of pyridine rings is 1. The van der Waals surface area contributed by atoms with Crippen LogP contribution in [-0.4, -0.2) is 22.1 Å². The van der Waals surface area contributed by atoms with Gasteiger partial charge in [-0.05, 0) is 27.6 Å². The summed E-state index contributed by atoms with van der Waals surface area (Å²) in [7, 11) is 0. The van der Waals surface area contributed by atoms with Crippen molar-refractivity contribution < 1.29 is 9.90 Å². The number of carbonyl (C=O) groups excluding carboxylic acids is 1. The Hall–Kier alpha value is -1.72. The van der Waals surface area contributed by atoms with Crippen molar-refractivity contribution in [1.82, 2.24) is 4.98 Å². The number of rotatable bonds is 2. The summed E-state index contributed by atoms with van der Waals surface area (Å²) in [4.78, 5) is 18.1. The zero-order valence-electron chi connectivity index (χ0n) is 10.7. The molecule has 4 nitrogen and oxygen atoms in total. The Labute approximate surface area is 125 Å². The number of anilines is 1. The van der Waals surface area contributed by atoms with Crippen molar-refractivity contribution in [3.63, 3.8) is 0 Å². The average molecular weight is 333 g/mol. The maximum Gasteiger partial charge on any atom is 0.256 e. The molecule has 1 N–H and O–H groups in total. The third-order valence-electron chi connectivity index (χ3n) is 3.33. The number of fused-ring (bicyclic) bond motifs is 1. The normalized spacial score (nSPS) is 18.0. The van der Waals surface area contributed by atoms with Crippen LogP contribution in [0.3, 0.4) is 0 Å². The monoisotopic (exact) mass is 332 g/mol. The van der Waals surface area contributed by atoms with E-state index in [2.05, 4.69) is 20.9 Å². The summed E-state index contributed by atoms with van der Waals surface area (Å²) < 4.78 is 0.818. The number of nitrogens with zero attached hydrogens (tertiary/aromatic N) is 2. The lowest BCUT2D eigenvalue weighted by Gasteiger charge is -2.31. The molecule has 3 rings (SSSR count). The van der Waals surface area contributed by atoms with Gasteiger partial charge in [-0.15, -0.1) is 0 Å². The third kappa shape index (κ3) is 2.46. The SMILES string of the molecule is O=C1C(O)Cc2ncc(Br)cc2N1Cc1ccccc1. The summed E-state index contributed by atoms with van der Waals surface area (Å²) in [5, 5.41) is 9.90. The number of amides is 1. The van der Waals surface area contributed by atoms with E-state index in [4.69, 9.17) is 0 Å². The fraction of sp³-hybridized carbons (Fsp3) is 0.200. The molecule has 102 valence electrons. The zero-order chi connectivity index (χ0) is 14.1. The number of hydrogen-bond donors (Lipinski definition) is 1. The van der Waals surface area contributed by atoms with Crippen LogP contribution in [-0.2, 0) is 17.8 Å². The van der Waals surface area contributed by atoms with Gasteiger partial charge in [0.2, 0.25) is 0 Å². The van der Waals surface area contributed by atoms with Crippen LogP contribution in [0.25, 0.3) is 0 Å². The molecule has 5 heteroatoms. The predicted molar refractivity (Wildman–Crippen MR) is 79.3 cm³/mol. The summed E-state index contributed by atoms with van der Waals surface area (Å²) in [5.41, 5.74) is 2.52. The van der Waals surface area contributed by atoms with Crippen molar-refractivity contribution in [2.75, 3.05) is 4.90 Å². The lowest BCUT2D eigenvalue weighted by molar-refractivity contribution is -0.127. The Kier molecular flexibility index (Phi) is 3.54. The molecule has 2 heterocycles. The van der Waals surface area contributed by atoms with E-state index < -0.39 is 6.10 Å². The largest absolute Gasteiger partial charge is 0.383 e. The first-order valence-corrected chi connectivity index (χ1v) is 7.12. The number of hydrogen-bond acceptors (Lipinski definition) is 3. The zero-order valence-corrected chi connectivity index (χ0v) is 12.2. The molecule has 1 aliphatic heterocycles. The molecule has 0 saturated heterocycles. The molecular formula is C15H13BrN2O2. The first-order valence-electron chi connectivity index (χ1n) is 6.33. The van der Waals surface area contributed by atoms with E-state index in [0.717, 1.165) is 21.4 Å². The molecule has 20 heavy (non-hydrogen) atoms. The van der Waals surface area contributed by atoms with E-state index in [1.54, 1.807) is 11.1 Å². The molecule has 1 atom stereocenters. The standard InChI is InChI=1S/C15H13BrN2O2/c16-11-6-13-12(17-8-11)7-14(19)15(20)18(13)9-10-4-2-1-3-5-10/h1-6,8,14,19H,7,9H2. The van der Waals surface area contributed by atoms with E-state index in [0.29, 0.717) is 6.54 Å². The highest BCUT2D eigenvalue weighted by Gasteiger charge is 2.32. The minimum atomic E-state index is -1.01. The maximum absolute atomic E-state index is 12.2. The van der Waals surface area contributed by atoms with Gasteiger partial charge >= 0.3 is 0 Å². The smallest absolute Gasteiger partial charge is 0.256 e. The van der Waals surface area contributed by atoms with Crippen molar-refractivity contribution in [2.45, 2.75) is 19.1 Å². The molecule has 0 fully saturated rings. The Morgan fingerprint density at radius 2 is 2.10 bits per heavy atom. The summed E-state index contributed by atoms with van der Waals surface area (Å²) >= 11 is 3.38. The van der Waals surface area contributed by atoms with Crippen molar-refractivity contribution in [3.05, 3.63) is 58.3 Å². The quantitative estimate of drug-likeness (QED) is 0.918. The maximum atomic E-state index is 12.2. The van der Waals surface area contributed by atoms with Gasteiger partial charge in [-0.2, -0.15) is 0 Å². The number of halogens is 1. The Morgan fingerprint density at radius 1 is 1.35 bits per heavy atom. The van der Waals surface area contributed by atoms with Crippen molar-refractivity contribution in [2.24, 2.45) is 0 Å². The van der Waals surface area contributed by atoms with E-state index in [1.165, 1.54) is 0 Å². The molecule has 0 bridgehead atoms. The third-order valence-corrected chi connectivity index (χ3v) is 3.76. The van der Waals surface area contributed by atoms with Crippen molar-refractivity contribution >= 4 is 27.5 Å². The van der Waals surface area contributed by atoms with Crippen LogP contribution in [0.4, 0.5) is 5.69 Å². The summed E-state index contributed by atoms with van der Waals surface area (Å²) in [6.45, 7) is 0.432. The molecule has 0 aliphatic carbocycles. The van der Waals surface area contributed by atoms with Crippen LogP contribution < -0.4 is 4.90 Å². The highest BCUT2D eigenvalue weighted by Crippen LogP contribution is 2.30. The molecular weight excluding hydrogens is 320 g/mol. The van der Waals surface area contributed by atoms with Gasteiger partial charge in [0.05, 0.1) is 17.9 Å². The van der Waals surface area contributed by atoms with Gasteiger partial charge in [0, 0.05) is 17.1 Å². The van der Waals surface area contributed by atoms with Gasteiger partial charge in [-0.25, -0.2) is 0 Å². The second-order valence-corrected chi connectivity index (χ2v) is 5.66.